The predicted octanol–water partition coefficient (Wildman–Crippen LogP) is 2.53. The summed E-state index contributed by atoms with van der Waals surface area (Å²) in [5.74, 6) is -0.863. The van der Waals surface area contributed by atoms with E-state index in [1.165, 1.54) is 18.0 Å². The quantitative estimate of drug-likeness (QED) is 0.452. The van der Waals surface area contributed by atoms with Crippen LogP contribution in [-0.4, -0.2) is 27.3 Å². The number of rotatable bonds is 4. The van der Waals surface area contributed by atoms with Crippen molar-refractivity contribution >= 4 is 34.9 Å². The largest absolute Gasteiger partial charge is 0.477 e. The van der Waals surface area contributed by atoms with Crippen LogP contribution < -0.4 is 11.1 Å². The zero-order valence-electron chi connectivity index (χ0n) is 11.0. The fraction of sp³-hybridized carbons (Fsp3) is 0.154. The maximum atomic E-state index is 11.2. The first kappa shape index (κ1) is 14.1. The molecule has 0 atom stereocenters. The third-order valence-corrected chi connectivity index (χ3v) is 3.20. The van der Waals surface area contributed by atoms with Crippen LogP contribution in [0.15, 0.2) is 29.6 Å². The smallest absolute Gasteiger partial charge is 0.341 e. The monoisotopic (exact) mass is 290 g/mol. The van der Waals surface area contributed by atoms with E-state index in [9.17, 15) is 4.79 Å². The van der Waals surface area contributed by atoms with Gasteiger partial charge in [-0.2, -0.15) is 0 Å². The van der Waals surface area contributed by atoms with E-state index in [-0.39, 0.29) is 11.4 Å². The second kappa shape index (κ2) is 5.79. The number of nitrogens with one attached hydrogen (secondary N) is 1. The summed E-state index contributed by atoms with van der Waals surface area (Å²) in [6, 6.07) is 5.48. The van der Waals surface area contributed by atoms with Crippen LogP contribution in [0.3, 0.4) is 0 Å². The van der Waals surface area contributed by atoms with Gasteiger partial charge in [-0.25, -0.2) is 14.8 Å². The minimum absolute atomic E-state index is 0.00257. The molecule has 6 nitrogen and oxygen atoms in total. The van der Waals surface area contributed by atoms with Gasteiger partial charge in [-0.05, 0) is 30.9 Å². The Bertz CT molecular complexity index is 661. The highest BCUT2D eigenvalue weighted by Gasteiger charge is 2.14. The molecule has 0 spiro atoms. The van der Waals surface area contributed by atoms with Crippen molar-refractivity contribution in [1.82, 2.24) is 9.97 Å². The first-order valence-electron chi connectivity index (χ1n) is 5.78. The van der Waals surface area contributed by atoms with E-state index in [2.05, 4.69) is 15.3 Å². The van der Waals surface area contributed by atoms with E-state index >= 15 is 0 Å². The van der Waals surface area contributed by atoms with Gasteiger partial charge in [-0.15, -0.1) is 0 Å². The van der Waals surface area contributed by atoms with Gasteiger partial charge < -0.3 is 16.2 Å². The fourth-order valence-corrected chi connectivity index (χ4v) is 1.98. The van der Waals surface area contributed by atoms with Crippen LogP contribution in [0.5, 0.6) is 0 Å². The SMILES string of the molecule is CSc1ncc(C(=O)O)c(Nc2ccc(C)cc2N)n1. The van der Waals surface area contributed by atoms with Crippen LogP contribution >= 0.6 is 11.8 Å². The number of aryl methyl sites for hydroxylation is 1. The minimum Gasteiger partial charge on any atom is -0.477 e. The van der Waals surface area contributed by atoms with E-state index in [0.717, 1.165) is 5.56 Å². The number of anilines is 3. The average Bonchev–Trinajstić information content (AvgIpc) is 2.41. The molecule has 20 heavy (non-hydrogen) atoms. The van der Waals surface area contributed by atoms with Gasteiger partial charge in [0.15, 0.2) is 5.16 Å². The van der Waals surface area contributed by atoms with Crippen molar-refractivity contribution in [2.24, 2.45) is 0 Å². The summed E-state index contributed by atoms with van der Waals surface area (Å²) in [4.78, 5) is 19.3. The van der Waals surface area contributed by atoms with Gasteiger partial charge in [0.25, 0.3) is 0 Å². The van der Waals surface area contributed by atoms with Crippen LogP contribution in [0.25, 0.3) is 0 Å². The number of carbonyl (C=O) groups is 1. The normalized spacial score (nSPS) is 10.3. The molecule has 2 aromatic rings. The number of nitrogens with two attached hydrogens (primary N) is 1. The fourth-order valence-electron chi connectivity index (χ4n) is 1.64. The van der Waals surface area contributed by atoms with E-state index in [4.69, 9.17) is 10.8 Å². The molecule has 2 rings (SSSR count). The van der Waals surface area contributed by atoms with E-state index in [0.29, 0.717) is 16.5 Å². The van der Waals surface area contributed by atoms with Gasteiger partial charge in [-0.3, -0.25) is 0 Å². The zero-order chi connectivity index (χ0) is 14.7. The molecule has 1 aromatic carbocycles. The summed E-state index contributed by atoms with van der Waals surface area (Å²) in [7, 11) is 0. The van der Waals surface area contributed by atoms with E-state index in [1.807, 2.05) is 19.2 Å². The Morgan fingerprint density at radius 3 is 2.80 bits per heavy atom. The molecule has 0 amide bonds. The number of nitrogen functional groups attached to an aromatic ring is 1. The molecule has 1 aromatic heterocycles. The standard InChI is InChI=1S/C13H14N4O2S/c1-7-3-4-10(9(14)5-7)16-11-8(12(18)19)6-15-13(17-11)20-2/h3-6H,14H2,1-2H3,(H,18,19)(H,15,16,17). The van der Waals surface area contributed by atoms with E-state index < -0.39 is 5.97 Å². The molecule has 0 aliphatic carbocycles. The molecule has 4 N–H and O–H groups in total. The Morgan fingerprint density at radius 2 is 2.20 bits per heavy atom. The predicted molar refractivity (Wildman–Crippen MR) is 79.6 cm³/mol. The van der Waals surface area contributed by atoms with Gasteiger partial charge >= 0.3 is 5.97 Å². The molecule has 0 radical (unpaired) electrons. The molecule has 0 unspecified atom stereocenters. The molecule has 104 valence electrons. The van der Waals surface area contributed by atoms with Gasteiger partial charge in [0.05, 0.1) is 11.4 Å². The Balaban J connectivity index is 2.43. The molecule has 1 heterocycles. The number of benzene rings is 1. The zero-order valence-corrected chi connectivity index (χ0v) is 11.9. The van der Waals surface area contributed by atoms with Crippen molar-refractivity contribution in [3.63, 3.8) is 0 Å². The molecular weight excluding hydrogens is 276 g/mol. The van der Waals surface area contributed by atoms with Crippen molar-refractivity contribution in [3.05, 3.63) is 35.5 Å². The first-order valence-corrected chi connectivity index (χ1v) is 7.01. The lowest BCUT2D eigenvalue weighted by Crippen LogP contribution is -2.08. The van der Waals surface area contributed by atoms with Crippen molar-refractivity contribution in [2.45, 2.75) is 12.1 Å². The topological polar surface area (TPSA) is 101 Å². The molecule has 0 aliphatic rings. The summed E-state index contributed by atoms with van der Waals surface area (Å²) in [5, 5.41) is 12.6. The lowest BCUT2D eigenvalue weighted by Gasteiger charge is -2.11. The number of carboxylic acid groups (broad SMARTS) is 1. The summed E-state index contributed by atoms with van der Waals surface area (Å²) >= 11 is 1.33. The molecule has 0 saturated heterocycles. The van der Waals surface area contributed by atoms with Gasteiger partial charge in [-0.1, -0.05) is 17.8 Å². The number of thioether (sulfide) groups is 1. The number of hydrogen-bond acceptors (Lipinski definition) is 6. The lowest BCUT2D eigenvalue weighted by molar-refractivity contribution is 0.0697. The van der Waals surface area contributed by atoms with Crippen molar-refractivity contribution in [2.75, 3.05) is 17.3 Å². The van der Waals surface area contributed by atoms with Crippen LogP contribution in [0.4, 0.5) is 17.2 Å². The maximum Gasteiger partial charge on any atom is 0.341 e. The first-order chi connectivity index (χ1) is 9.51. The highest BCUT2D eigenvalue weighted by atomic mass is 32.2. The summed E-state index contributed by atoms with van der Waals surface area (Å²) < 4.78 is 0. The third-order valence-electron chi connectivity index (χ3n) is 2.64. The van der Waals surface area contributed by atoms with Crippen LogP contribution in [0.2, 0.25) is 0 Å². The van der Waals surface area contributed by atoms with E-state index in [1.54, 1.807) is 12.1 Å². The van der Waals surface area contributed by atoms with Gasteiger partial charge in [0.2, 0.25) is 0 Å². The van der Waals surface area contributed by atoms with Crippen LogP contribution in [0, 0.1) is 6.92 Å². The second-order valence-corrected chi connectivity index (χ2v) is 4.91. The molecular formula is C13H14N4O2S. The number of carboxylic acids is 1. The van der Waals surface area contributed by atoms with Gasteiger partial charge in [0, 0.05) is 6.20 Å². The highest BCUT2D eigenvalue weighted by Crippen LogP contribution is 2.26. The Kier molecular flexibility index (Phi) is 4.09. The molecule has 0 saturated carbocycles. The van der Waals surface area contributed by atoms with Crippen molar-refractivity contribution < 1.29 is 9.90 Å². The molecule has 0 aliphatic heterocycles. The number of hydrogen-bond donors (Lipinski definition) is 3. The summed E-state index contributed by atoms with van der Waals surface area (Å²) in [5.41, 5.74) is 8.08. The number of aromatic nitrogens is 2. The summed E-state index contributed by atoms with van der Waals surface area (Å²) in [6.07, 6.45) is 3.10. The summed E-state index contributed by atoms with van der Waals surface area (Å²) in [6.45, 7) is 1.93. The number of aromatic carboxylic acids is 1. The Hall–Kier alpha value is -2.28. The molecule has 0 fully saturated rings. The Labute approximate surface area is 120 Å². The Morgan fingerprint density at radius 1 is 1.45 bits per heavy atom. The lowest BCUT2D eigenvalue weighted by atomic mass is 10.2. The maximum absolute atomic E-state index is 11.2. The minimum atomic E-state index is -1.09. The average molecular weight is 290 g/mol. The van der Waals surface area contributed by atoms with Crippen LogP contribution in [-0.2, 0) is 0 Å². The van der Waals surface area contributed by atoms with Crippen molar-refractivity contribution in [3.8, 4) is 0 Å². The molecule has 7 heteroatoms. The van der Waals surface area contributed by atoms with Crippen molar-refractivity contribution in [1.29, 1.82) is 0 Å². The molecule has 0 bridgehead atoms. The van der Waals surface area contributed by atoms with Gasteiger partial charge in [0.1, 0.15) is 11.4 Å². The second-order valence-electron chi connectivity index (χ2n) is 4.14. The number of nitrogens with zero attached hydrogens (tertiary/aromatic N) is 2. The third kappa shape index (κ3) is 3.00. The highest BCUT2D eigenvalue weighted by molar-refractivity contribution is 7.98. The van der Waals surface area contributed by atoms with Crippen LogP contribution in [0.1, 0.15) is 15.9 Å².